The van der Waals surface area contributed by atoms with Crippen LogP contribution in [0.4, 0.5) is 8.78 Å². The van der Waals surface area contributed by atoms with Gasteiger partial charge in [0.25, 0.3) is 5.56 Å². The van der Waals surface area contributed by atoms with E-state index in [4.69, 9.17) is 9.47 Å². The minimum atomic E-state index is -0.752. The zero-order chi connectivity index (χ0) is 22.0. The number of hydrogen-bond donors (Lipinski definition) is 1. The van der Waals surface area contributed by atoms with E-state index >= 15 is 0 Å². The minimum Gasteiger partial charge on any atom is -0.487 e. The first-order valence-corrected chi connectivity index (χ1v) is 9.70. The fourth-order valence-electron chi connectivity index (χ4n) is 3.06. The summed E-state index contributed by atoms with van der Waals surface area (Å²) in [6.45, 7) is 3.31. The highest BCUT2D eigenvalue weighted by Crippen LogP contribution is 2.38. The van der Waals surface area contributed by atoms with Crippen molar-refractivity contribution in [1.82, 2.24) is 4.98 Å². The Morgan fingerprint density at radius 2 is 1.87 bits per heavy atom. The third kappa shape index (κ3) is 4.28. The summed E-state index contributed by atoms with van der Waals surface area (Å²) >= 11 is 3.24. The molecular weight excluding hydrogens is 460 g/mol. The van der Waals surface area contributed by atoms with Crippen molar-refractivity contribution in [3.8, 4) is 16.9 Å². The number of methoxy groups -OCH3 is 1. The van der Waals surface area contributed by atoms with E-state index < -0.39 is 23.2 Å². The van der Waals surface area contributed by atoms with Gasteiger partial charge in [-0.3, -0.25) is 4.79 Å². The number of aromatic nitrogens is 1. The van der Waals surface area contributed by atoms with E-state index in [1.54, 1.807) is 25.1 Å². The summed E-state index contributed by atoms with van der Waals surface area (Å²) in [6, 6.07) is 8.20. The first-order chi connectivity index (χ1) is 14.2. The van der Waals surface area contributed by atoms with Gasteiger partial charge in [0.2, 0.25) is 0 Å². The second-order valence-electron chi connectivity index (χ2n) is 6.64. The molecule has 8 heteroatoms. The largest absolute Gasteiger partial charge is 0.487 e. The highest BCUT2D eigenvalue weighted by atomic mass is 79.9. The monoisotopic (exact) mass is 477 g/mol. The second-order valence-corrected chi connectivity index (χ2v) is 7.44. The van der Waals surface area contributed by atoms with Crippen LogP contribution in [0.25, 0.3) is 11.1 Å². The predicted octanol–water partition coefficient (Wildman–Crippen LogP) is 5.07. The number of aryl methyl sites for hydroxylation is 2. The zero-order valence-corrected chi connectivity index (χ0v) is 18.0. The highest BCUT2D eigenvalue weighted by molar-refractivity contribution is 9.10. The molecule has 0 saturated carbocycles. The standard InChI is InChI=1S/C22H18BrF2NO4/c1-11-4-5-13(22(28)29-3)8-16(11)18-12(2)26-21(27)19(23)20(18)30-10-14-6-7-15(24)9-17(14)25/h4-9H,10H2,1-3H3,(H,26,27). The molecule has 0 radical (unpaired) electrons. The minimum absolute atomic E-state index is 0.119. The Hall–Kier alpha value is -3.00. The molecule has 1 N–H and O–H groups in total. The molecule has 0 fully saturated rings. The van der Waals surface area contributed by atoms with Crippen LogP contribution in [-0.2, 0) is 11.3 Å². The Bertz CT molecular complexity index is 1190. The third-order valence-corrected chi connectivity index (χ3v) is 5.34. The number of rotatable bonds is 5. The van der Waals surface area contributed by atoms with Gasteiger partial charge < -0.3 is 14.5 Å². The quantitative estimate of drug-likeness (QED) is 0.521. The molecule has 0 bridgehead atoms. The summed E-state index contributed by atoms with van der Waals surface area (Å²) in [5.74, 6) is -1.77. The van der Waals surface area contributed by atoms with Gasteiger partial charge in [-0.15, -0.1) is 0 Å². The van der Waals surface area contributed by atoms with Gasteiger partial charge >= 0.3 is 5.97 Å². The first-order valence-electron chi connectivity index (χ1n) is 8.91. The molecule has 1 aromatic heterocycles. The van der Waals surface area contributed by atoms with Gasteiger partial charge in [0.1, 0.15) is 28.5 Å². The summed E-state index contributed by atoms with van der Waals surface area (Å²) in [7, 11) is 1.29. The number of esters is 1. The maximum atomic E-state index is 14.0. The number of nitrogens with one attached hydrogen (secondary N) is 1. The second kappa shape index (κ2) is 8.79. The average molecular weight is 478 g/mol. The lowest BCUT2D eigenvalue weighted by Crippen LogP contribution is -2.13. The maximum absolute atomic E-state index is 14.0. The lowest BCUT2D eigenvalue weighted by Gasteiger charge is -2.18. The summed E-state index contributed by atoms with van der Waals surface area (Å²) in [5.41, 5.74) is 2.54. The number of halogens is 3. The van der Waals surface area contributed by atoms with Crippen LogP contribution < -0.4 is 10.3 Å². The molecule has 3 rings (SSSR count). The van der Waals surface area contributed by atoms with Gasteiger partial charge in [0.05, 0.1) is 12.7 Å². The van der Waals surface area contributed by atoms with Gasteiger partial charge in [-0.2, -0.15) is 0 Å². The van der Waals surface area contributed by atoms with Crippen LogP contribution in [0.1, 0.15) is 27.2 Å². The Morgan fingerprint density at radius 3 is 2.53 bits per heavy atom. The topological polar surface area (TPSA) is 68.4 Å². The van der Waals surface area contributed by atoms with E-state index in [0.717, 1.165) is 17.7 Å². The number of aromatic amines is 1. The molecule has 0 atom stereocenters. The lowest BCUT2D eigenvalue weighted by atomic mass is 9.96. The lowest BCUT2D eigenvalue weighted by molar-refractivity contribution is 0.0600. The summed E-state index contributed by atoms with van der Waals surface area (Å²) in [6.07, 6.45) is 0. The number of hydrogen-bond acceptors (Lipinski definition) is 4. The van der Waals surface area contributed by atoms with Crippen LogP contribution in [0.5, 0.6) is 5.75 Å². The van der Waals surface area contributed by atoms with Gasteiger partial charge in [0, 0.05) is 22.9 Å². The summed E-state index contributed by atoms with van der Waals surface area (Å²) in [5, 5.41) is 0. The Morgan fingerprint density at radius 1 is 1.13 bits per heavy atom. The predicted molar refractivity (Wildman–Crippen MR) is 112 cm³/mol. The van der Waals surface area contributed by atoms with Crippen LogP contribution in [-0.4, -0.2) is 18.1 Å². The van der Waals surface area contributed by atoms with E-state index in [-0.39, 0.29) is 22.4 Å². The molecule has 0 aliphatic carbocycles. The molecule has 0 spiro atoms. The molecule has 3 aromatic rings. The van der Waals surface area contributed by atoms with Crippen molar-refractivity contribution in [2.75, 3.05) is 7.11 Å². The molecule has 0 unspecified atom stereocenters. The van der Waals surface area contributed by atoms with Gasteiger partial charge in [0.15, 0.2) is 0 Å². The first kappa shape index (κ1) is 21.7. The molecule has 0 aliphatic heterocycles. The number of carbonyl (C=O) groups excluding carboxylic acids is 1. The van der Waals surface area contributed by atoms with E-state index in [1.165, 1.54) is 13.2 Å². The Balaban J connectivity index is 2.13. The van der Waals surface area contributed by atoms with Crippen LogP contribution in [0.15, 0.2) is 45.7 Å². The number of pyridine rings is 1. The summed E-state index contributed by atoms with van der Waals surface area (Å²) in [4.78, 5) is 27.0. The zero-order valence-electron chi connectivity index (χ0n) is 16.4. The summed E-state index contributed by atoms with van der Waals surface area (Å²) < 4.78 is 37.9. The molecule has 0 saturated heterocycles. The van der Waals surface area contributed by atoms with Crippen LogP contribution in [0.3, 0.4) is 0 Å². The number of H-pyrrole nitrogens is 1. The fourth-order valence-corrected chi connectivity index (χ4v) is 3.47. The number of carbonyl (C=O) groups is 1. The van der Waals surface area contributed by atoms with Crippen molar-refractivity contribution in [3.05, 3.63) is 85.2 Å². The Kier molecular flexibility index (Phi) is 6.36. The number of ether oxygens (including phenoxy) is 2. The van der Waals surface area contributed by atoms with Crippen LogP contribution in [0.2, 0.25) is 0 Å². The number of benzene rings is 2. The smallest absolute Gasteiger partial charge is 0.337 e. The molecule has 0 amide bonds. The fraction of sp³-hybridized carbons (Fsp3) is 0.182. The molecule has 30 heavy (non-hydrogen) atoms. The van der Waals surface area contributed by atoms with Crippen molar-refractivity contribution in [2.24, 2.45) is 0 Å². The van der Waals surface area contributed by atoms with Crippen LogP contribution in [0, 0.1) is 25.5 Å². The van der Waals surface area contributed by atoms with Crippen molar-refractivity contribution >= 4 is 21.9 Å². The van der Waals surface area contributed by atoms with E-state index in [0.29, 0.717) is 22.4 Å². The van der Waals surface area contributed by atoms with Gasteiger partial charge in [-0.1, -0.05) is 6.07 Å². The molecule has 5 nitrogen and oxygen atoms in total. The van der Waals surface area contributed by atoms with Crippen molar-refractivity contribution in [1.29, 1.82) is 0 Å². The van der Waals surface area contributed by atoms with E-state index in [1.807, 2.05) is 6.92 Å². The average Bonchev–Trinajstić information content (AvgIpc) is 2.71. The van der Waals surface area contributed by atoms with Crippen molar-refractivity contribution in [3.63, 3.8) is 0 Å². The molecule has 1 heterocycles. The molecule has 2 aromatic carbocycles. The van der Waals surface area contributed by atoms with E-state index in [9.17, 15) is 18.4 Å². The molecule has 0 aliphatic rings. The maximum Gasteiger partial charge on any atom is 0.337 e. The molecule has 156 valence electrons. The third-order valence-electron chi connectivity index (χ3n) is 4.62. The van der Waals surface area contributed by atoms with Gasteiger partial charge in [-0.05, 0) is 65.2 Å². The Labute approximate surface area is 179 Å². The van der Waals surface area contributed by atoms with Crippen molar-refractivity contribution in [2.45, 2.75) is 20.5 Å². The molecular formula is C22H18BrF2NO4. The highest BCUT2D eigenvalue weighted by Gasteiger charge is 2.21. The van der Waals surface area contributed by atoms with Crippen molar-refractivity contribution < 1.29 is 23.0 Å². The normalized spacial score (nSPS) is 10.7. The van der Waals surface area contributed by atoms with E-state index in [2.05, 4.69) is 20.9 Å². The van der Waals surface area contributed by atoms with Gasteiger partial charge in [-0.25, -0.2) is 13.6 Å². The van der Waals surface area contributed by atoms with Crippen LogP contribution >= 0.6 is 15.9 Å². The SMILES string of the molecule is COC(=O)c1ccc(C)c(-c2c(C)[nH]c(=O)c(Br)c2OCc2ccc(F)cc2F)c1.